The van der Waals surface area contributed by atoms with Gasteiger partial charge in [-0.2, -0.15) is 0 Å². The van der Waals surface area contributed by atoms with Crippen LogP contribution in [0.3, 0.4) is 0 Å². The normalized spacial score (nSPS) is 19.6. The fraction of sp³-hybridized carbons (Fsp3) is 0.923. The first-order chi connectivity index (χ1) is 7.52. The Kier molecular flexibility index (Phi) is 5.26. The van der Waals surface area contributed by atoms with Crippen LogP contribution in [0.2, 0.25) is 0 Å². The van der Waals surface area contributed by atoms with Crippen LogP contribution in [0.15, 0.2) is 0 Å². The lowest BCUT2D eigenvalue weighted by Gasteiger charge is -2.32. The van der Waals surface area contributed by atoms with E-state index in [0.717, 1.165) is 13.0 Å². The standard InChI is InChI=1S/C13H25NO2/c1-10(2)8-9-14(11(3)13(15)16)12-6-4-5-7-12/h10-12H,4-9H2,1-3H3,(H,15,16). The summed E-state index contributed by atoms with van der Waals surface area (Å²) in [7, 11) is 0. The van der Waals surface area contributed by atoms with Gasteiger partial charge in [0.15, 0.2) is 0 Å². The highest BCUT2D eigenvalue weighted by Crippen LogP contribution is 2.25. The summed E-state index contributed by atoms with van der Waals surface area (Å²) >= 11 is 0. The van der Waals surface area contributed by atoms with Crippen LogP contribution in [0.1, 0.15) is 52.9 Å². The van der Waals surface area contributed by atoms with Gasteiger partial charge in [-0.05, 0) is 38.6 Å². The van der Waals surface area contributed by atoms with E-state index >= 15 is 0 Å². The Balaban J connectivity index is 2.56. The maximum absolute atomic E-state index is 11.1. The van der Waals surface area contributed by atoms with Crippen molar-refractivity contribution in [3.05, 3.63) is 0 Å². The van der Waals surface area contributed by atoms with Crippen LogP contribution in [0.5, 0.6) is 0 Å². The topological polar surface area (TPSA) is 40.5 Å². The molecule has 1 fully saturated rings. The van der Waals surface area contributed by atoms with Gasteiger partial charge in [0, 0.05) is 6.04 Å². The molecule has 0 spiro atoms. The van der Waals surface area contributed by atoms with Gasteiger partial charge in [0.05, 0.1) is 0 Å². The van der Waals surface area contributed by atoms with Crippen LogP contribution in [0, 0.1) is 5.92 Å². The molecule has 16 heavy (non-hydrogen) atoms. The summed E-state index contributed by atoms with van der Waals surface area (Å²) < 4.78 is 0. The molecule has 0 radical (unpaired) electrons. The highest BCUT2D eigenvalue weighted by atomic mass is 16.4. The SMILES string of the molecule is CC(C)CCN(C1CCCC1)C(C)C(=O)O. The second-order valence-electron chi connectivity index (χ2n) is 5.37. The van der Waals surface area contributed by atoms with E-state index in [-0.39, 0.29) is 6.04 Å². The predicted octanol–water partition coefficient (Wildman–Crippen LogP) is 2.75. The van der Waals surface area contributed by atoms with Crippen molar-refractivity contribution < 1.29 is 9.90 Å². The molecule has 0 aromatic carbocycles. The number of hydrogen-bond acceptors (Lipinski definition) is 2. The Labute approximate surface area is 98.8 Å². The summed E-state index contributed by atoms with van der Waals surface area (Å²) in [5, 5.41) is 9.14. The molecular weight excluding hydrogens is 202 g/mol. The van der Waals surface area contributed by atoms with Crippen molar-refractivity contribution in [3.63, 3.8) is 0 Å². The minimum Gasteiger partial charge on any atom is -0.480 e. The van der Waals surface area contributed by atoms with E-state index in [0.29, 0.717) is 12.0 Å². The Morgan fingerprint density at radius 3 is 2.31 bits per heavy atom. The molecule has 3 nitrogen and oxygen atoms in total. The number of hydrogen-bond donors (Lipinski definition) is 1. The Bertz CT molecular complexity index is 222. The molecule has 0 aliphatic heterocycles. The first-order valence-electron chi connectivity index (χ1n) is 6.51. The van der Waals surface area contributed by atoms with Gasteiger partial charge < -0.3 is 5.11 Å². The summed E-state index contributed by atoms with van der Waals surface area (Å²) in [5.74, 6) is -0.0412. The van der Waals surface area contributed by atoms with Crippen molar-refractivity contribution in [2.75, 3.05) is 6.54 Å². The molecule has 0 amide bonds. The third kappa shape index (κ3) is 3.78. The first kappa shape index (κ1) is 13.5. The molecule has 1 N–H and O–H groups in total. The van der Waals surface area contributed by atoms with Crippen LogP contribution in [0.25, 0.3) is 0 Å². The molecule has 3 heteroatoms. The number of aliphatic carboxylic acids is 1. The molecule has 1 aliphatic carbocycles. The van der Waals surface area contributed by atoms with Gasteiger partial charge in [0.1, 0.15) is 6.04 Å². The van der Waals surface area contributed by atoms with Crippen molar-refractivity contribution in [1.82, 2.24) is 4.90 Å². The zero-order chi connectivity index (χ0) is 12.1. The van der Waals surface area contributed by atoms with Gasteiger partial charge in [0.2, 0.25) is 0 Å². The van der Waals surface area contributed by atoms with E-state index in [1.807, 2.05) is 6.92 Å². The Morgan fingerprint density at radius 2 is 1.88 bits per heavy atom. The third-order valence-electron chi connectivity index (χ3n) is 3.61. The highest BCUT2D eigenvalue weighted by Gasteiger charge is 2.29. The van der Waals surface area contributed by atoms with Gasteiger partial charge in [-0.15, -0.1) is 0 Å². The van der Waals surface area contributed by atoms with Crippen LogP contribution in [-0.2, 0) is 4.79 Å². The van der Waals surface area contributed by atoms with E-state index in [4.69, 9.17) is 5.11 Å². The fourth-order valence-corrected chi connectivity index (χ4v) is 2.48. The lowest BCUT2D eigenvalue weighted by atomic mass is 10.1. The molecule has 0 heterocycles. The van der Waals surface area contributed by atoms with Crippen molar-refractivity contribution in [2.24, 2.45) is 5.92 Å². The molecule has 1 atom stereocenters. The van der Waals surface area contributed by atoms with Crippen LogP contribution >= 0.6 is 0 Å². The zero-order valence-corrected chi connectivity index (χ0v) is 10.8. The maximum Gasteiger partial charge on any atom is 0.320 e. The molecule has 0 aromatic heterocycles. The molecule has 0 aromatic rings. The molecule has 0 bridgehead atoms. The summed E-state index contributed by atoms with van der Waals surface area (Å²) in [4.78, 5) is 13.3. The first-order valence-corrected chi connectivity index (χ1v) is 6.51. The summed E-state index contributed by atoms with van der Waals surface area (Å²) in [6.07, 6.45) is 5.96. The second kappa shape index (κ2) is 6.24. The molecular formula is C13H25NO2. The average molecular weight is 227 g/mol. The van der Waals surface area contributed by atoms with E-state index in [1.54, 1.807) is 0 Å². The van der Waals surface area contributed by atoms with E-state index in [2.05, 4.69) is 18.7 Å². The molecule has 1 aliphatic rings. The van der Waals surface area contributed by atoms with Gasteiger partial charge in [-0.1, -0.05) is 26.7 Å². The fourth-order valence-electron chi connectivity index (χ4n) is 2.48. The van der Waals surface area contributed by atoms with E-state index < -0.39 is 5.97 Å². The number of carboxylic acids is 1. The second-order valence-corrected chi connectivity index (χ2v) is 5.37. The Hall–Kier alpha value is -0.570. The van der Waals surface area contributed by atoms with Gasteiger partial charge >= 0.3 is 5.97 Å². The van der Waals surface area contributed by atoms with E-state index in [9.17, 15) is 4.79 Å². The van der Waals surface area contributed by atoms with Crippen LogP contribution in [-0.4, -0.2) is 34.6 Å². The number of carboxylic acid groups (broad SMARTS) is 1. The minimum atomic E-state index is -0.685. The molecule has 1 saturated carbocycles. The molecule has 0 saturated heterocycles. The van der Waals surface area contributed by atoms with Gasteiger partial charge in [0.25, 0.3) is 0 Å². The van der Waals surface area contributed by atoms with Gasteiger partial charge in [-0.25, -0.2) is 0 Å². The Morgan fingerprint density at radius 1 is 1.31 bits per heavy atom. The summed E-state index contributed by atoms with van der Waals surface area (Å²) in [6.45, 7) is 7.13. The molecule has 1 unspecified atom stereocenters. The zero-order valence-electron chi connectivity index (χ0n) is 10.8. The largest absolute Gasteiger partial charge is 0.480 e. The summed E-state index contributed by atoms with van der Waals surface area (Å²) in [6, 6.07) is 0.173. The minimum absolute atomic E-state index is 0.332. The molecule has 1 rings (SSSR count). The maximum atomic E-state index is 11.1. The predicted molar refractivity (Wildman–Crippen MR) is 65.5 cm³/mol. The average Bonchev–Trinajstić information content (AvgIpc) is 2.70. The van der Waals surface area contributed by atoms with Crippen LogP contribution < -0.4 is 0 Å². The van der Waals surface area contributed by atoms with Gasteiger partial charge in [-0.3, -0.25) is 9.69 Å². The lowest BCUT2D eigenvalue weighted by Crippen LogP contribution is -2.45. The monoisotopic (exact) mass is 227 g/mol. The van der Waals surface area contributed by atoms with Crippen molar-refractivity contribution in [1.29, 1.82) is 0 Å². The number of nitrogens with zero attached hydrogens (tertiary/aromatic N) is 1. The number of rotatable bonds is 6. The third-order valence-corrected chi connectivity index (χ3v) is 3.61. The highest BCUT2D eigenvalue weighted by molar-refractivity contribution is 5.72. The number of carbonyl (C=O) groups is 1. The quantitative estimate of drug-likeness (QED) is 0.758. The van der Waals surface area contributed by atoms with Crippen molar-refractivity contribution >= 4 is 5.97 Å². The van der Waals surface area contributed by atoms with Crippen molar-refractivity contribution in [3.8, 4) is 0 Å². The smallest absolute Gasteiger partial charge is 0.320 e. The molecule has 94 valence electrons. The van der Waals surface area contributed by atoms with E-state index in [1.165, 1.54) is 25.7 Å². The van der Waals surface area contributed by atoms with Crippen molar-refractivity contribution in [2.45, 2.75) is 65.0 Å². The summed E-state index contributed by atoms with van der Waals surface area (Å²) in [5.41, 5.74) is 0. The van der Waals surface area contributed by atoms with Crippen LogP contribution in [0.4, 0.5) is 0 Å². The lowest BCUT2D eigenvalue weighted by molar-refractivity contribution is -0.143.